The van der Waals surface area contributed by atoms with Gasteiger partial charge in [0.05, 0.1) is 17.7 Å². The molecule has 1 heterocycles. The van der Waals surface area contributed by atoms with Crippen molar-refractivity contribution in [2.75, 3.05) is 18.1 Å². The van der Waals surface area contributed by atoms with Crippen molar-refractivity contribution in [1.29, 1.82) is 5.26 Å². The number of rotatable bonds is 2. The quantitative estimate of drug-likeness (QED) is 0.754. The fourth-order valence-electron chi connectivity index (χ4n) is 1.67. The molecule has 4 nitrogen and oxygen atoms in total. The molecule has 0 radical (unpaired) electrons. The van der Waals surface area contributed by atoms with Gasteiger partial charge in [0.1, 0.15) is 5.75 Å². The number of carbonyl (C=O) groups is 1. The van der Waals surface area contributed by atoms with Gasteiger partial charge in [0.2, 0.25) is 0 Å². The predicted octanol–water partition coefficient (Wildman–Crippen LogP) is 1.57. The molecule has 1 aliphatic heterocycles. The minimum Gasteiger partial charge on any atom is -0.482 e. The Bertz CT molecular complexity index is 451. The number of hydrogen-bond acceptors (Lipinski definition) is 3. The van der Waals surface area contributed by atoms with Crippen LogP contribution in [0, 0.1) is 17.2 Å². The van der Waals surface area contributed by atoms with E-state index in [1.807, 2.05) is 24.3 Å². The molecule has 0 aromatic heterocycles. The Labute approximate surface area is 94.0 Å². The average Bonchev–Trinajstić information content (AvgIpc) is 2.32. The molecule has 0 bridgehead atoms. The molecule has 1 unspecified atom stereocenters. The third kappa shape index (κ3) is 1.84. The van der Waals surface area contributed by atoms with E-state index in [4.69, 9.17) is 10.00 Å². The number of para-hydroxylation sites is 2. The van der Waals surface area contributed by atoms with E-state index in [-0.39, 0.29) is 18.4 Å². The van der Waals surface area contributed by atoms with Crippen molar-refractivity contribution in [3.8, 4) is 11.8 Å². The van der Waals surface area contributed by atoms with E-state index in [9.17, 15) is 4.79 Å². The average molecular weight is 216 g/mol. The number of nitrogens with zero attached hydrogens (tertiary/aromatic N) is 2. The monoisotopic (exact) mass is 216 g/mol. The Hall–Kier alpha value is -2.02. The summed E-state index contributed by atoms with van der Waals surface area (Å²) < 4.78 is 5.31. The van der Waals surface area contributed by atoms with Crippen LogP contribution in [-0.2, 0) is 4.79 Å². The lowest BCUT2D eigenvalue weighted by Crippen LogP contribution is -2.41. The van der Waals surface area contributed by atoms with Crippen molar-refractivity contribution >= 4 is 11.6 Å². The molecule has 0 N–H and O–H groups in total. The second-order valence-electron chi connectivity index (χ2n) is 3.79. The molecule has 82 valence electrons. The van der Waals surface area contributed by atoms with Gasteiger partial charge in [-0.25, -0.2) is 0 Å². The highest BCUT2D eigenvalue weighted by Crippen LogP contribution is 2.31. The molecular weight excluding hydrogens is 204 g/mol. The van der Waals surface area contributed by atoms with Crippen molar-refractivity contribution in [2.45, 2.75) is 6.92 Å². The fraction of sp³-hybridized carbons (Fsp3) is 0.333. The molecule has 1 aromatic carbocycles. The minimum absolute atomic E-state index is 0.0508. The lowest BCUT2D eigenvalue weighted by Gasteiger charge is -2.29. The molecule has 1 atom stereocenters. The molecule has 1 aromatic rings. The molecule has 0 fully saturated rings. The highest BCUT2D eigenvalue weighted by molar-refractivity contribution is 5.97. The van der Waals surface area contributed by atoms with Crippen molar-refractivity contribution < 1.29 is 9.53 Å². The van der Waals surface area contributed by atoms with Crippen LogP contribution in [0.2, 0.25) is 0 Å². The van der Waals surface area contributed by atoms with Crippen LogP contribution in [0.3, 0.4) is 0 Å². The van der Waals surface area contributed by atoms with Crippen molar-refractivity contribution in [2.24, 2.45) is 5.92 Å². The van der Waals surface area contributed by atoms with Crippen molar-refractivity contribution in [3.05, 3.63) is 24.3 Å². The number of nitriles is 1. The van der Waals surface area contributed by atoms with Crippen LogP contribution < -0.4 is 9.64 Å². The molecular formula is C12H12N2O2. The summed E-state index contributed by atoms with van der Waals surface area (Å²) in [4.78, 5) is 13.3. The zero-order chi connectivity index (χ0) is 11.5. The van der Waals surface area contributed by atoms with Crippen molar-refractivity contribution in [1.82, 2.24) is 0 Å². The second-order valence-corrected chi connectivity index (χ2v) is 3.79. The molecule has 0 aliphatic carbocycles. The molecule has 0 saturated carbocycles. The number of anilines is 1. The van der Waals surface area contributed by atoms with E-state index in [1.54, 1.807) is 11.8 Å². The fourth-order valence-corrected chi connectivity index (χ4v) is 1.67. The van der Waals surface area contributed by atoms with Gasteiger partial charge in [0.15, 0.2) is 6.61 Å². The number of hydrogen-bond donors (Lipinski definition) is 0. The van der Waals surface area contributed by atoms with Gasteiger partial charge in [-0.3, -0.25) is 4.79 Å². The zero-order valence-corrected chi connectivity index (χ0v) is 9.01. The third-order valence-electron chi connectivity index (χ3n) is 2.49. The topological polar surface area (TPSA) is 53.3 Å². The van der Waals surface area contributed by atoms with E-state index in [1.165, 1.54) is 0 Å². The van der Waals surface area contributed by atoms with Gasteiger partial charge in [0, 0.05) is 6.54 Å². The summed E-state index contributed by atoms with van der Waals surface area (Å²) in [5.74, 6) is 0.420. The lowest BCUT2D eigenvalue weighted by molar-refractivity contribution is -0.121. The Morgan fingerprint density at radius 2 is 2.31 bits per heavy atom. The summed E-state index contributed by atoms with van der Waals surface area (Å²) in [5.41, 5.74) is 0.751. The number of fused-ring (bicyclic) bond motifs is 1. The van der Waals surface area contributed by atoms with Crippen LogP contribution in [-0.4, -0.2) is 19.1 Å². The largest absolute Gasteiger partial charge is 0.482 e. The van der Waals surface area contributed by atoms with E-state index < -0.39 is 0 Å². The number of benzene rings is 1. The van der Waals surface area contributed by atoms with Gasteiger partial charge in [-0.15, -0.1) is 0 Å². The van der Waals surface area contributed by atoms with Crippen LogP contribution in [0.5, 0.6) is 5.75 Å². The Morgan fingerprint density at radius 1 is 1.56 bits per heavy atom. The first kappa shape index (κ1) is 10.5. The van der Waals surface area contributed by atoms with Crippen LogP contribution in [0.4, 0.5) is 5.69 Å². The molecule has 0 saturated heterocycles. The number of amides is 1. The normalized spacial score (nSPS) is 16.0. The van der Waals surface area contributed by atoms with Crippen LogP contribution in [0.1, 0.15) is 6.92 Å². The molecule has 2 rings (SSSR count). The summed E-state index contributed by atoms with van der Waals surface area (Å²) in [6.07, 6.45) is 0. The van der Waals surface area contributed by atoms with Gasteiger partial charge in [-0.05, 0) is 19.1 Å². The summed E-state index contributed by atoms with van der Waals surface area (Å²) in [7, 11) is 0. The van der Waals surface area contributed by atoms with Crippen LogP contribution >= 0.6 is 0 Å². The first-order valence-corrected chi connectivity index (χ1v) is 5.14. The van der Waals surface area contributed by atoms with Gasteiger partial charge in [-0.1, -0.05) is 12.1 Å². The summed E-state index contributed by atoms with van der Waals surface area (Å²) >= 11 is 0. The Kier molecular flexibility index (Phi) is 2.78. The molecule has 1 amide bonds. The predicted molar refractivity (Wildman–Crippen MR) is 59.1 cm³/mol. The van der Waals surface area contributed by atoms with Crippen LogP contribution in [0.25, 0.3) is 0 Å². The van der Waals surface area contributed by atoms with Crippen LogP contribution in [0.15, 0.2) is 24.3 Å². The number of ether oxygens (including phenoxy) is 1. The Balaban J connectivity index is 2.30. The molecule has 16 heavy (non-hydrogen) atoms. The smallest absolute Gasteiger partial charge is 0.265 e. The summed E-state index contributed by atoms with van der Waals surface area (Å²) in [6.45, 7) is 2.26. The van der Waals surface area contributed by atoms with Gasteiger partial charge >= 0.3 is 0 Å². The van der Waals surface area contributed by atoms with Gasteiger partial charge in [-0.2, -0.15) is 5.26 Å². The second kappa shape index (κ2) is 4.23. The third-order valence-corrected chi connectivity index (χ3v) is 2.49. The first-order valence-electron chi connectivity index (χ1n) is 5.14. The molecule has 4 heteroatoms. The Morgan fingerprint density at radius 3 is 3.06 bits per heavy atom. The minimum atomic E-state index is -0.185. The zero-order valence-electron chi connectivity index (χ0n) is 9.01. The summed E-state index contributed by atoms with van der Waals surface area (Å²) in [6, 6.07) is 9.50. The number of carbonyl (C=O) groups excluding carboxylic acids is 1. The van der Waals surface area contributed by atoms with Gasteiger partial charge in [0.25, 0.3) is 5.91 Å². The van der Waals surface area contributed by atoms with E-state index in [0.717, 1.165) is 5.69 Å². The lowest BCUT2D eigenvalue weighted by atomic mass is 10.1. The van der Waals surface area contributed by atoms with Crippen molar-refractivity contribution in [3.63, 3.8) is 0 Å². The maximum absolute atomic E-state index is 11.7. The van der Waals surface area contributed by atoms with Gasteiger partial charge < -0.3 is 9.64 Å². The highest BCUT2D eigenvalue weighted by atomic mass is 16.5. The first-order chi connectivity index (χ1) is 7.72. The van der Waals surface area contributed by atoms with E-state index in [2.05, 4.69) is 6.07 Å². The molecule has 1 aliphatic rings. The SMILES string of the molecule is CC(C#N)CN1C(=O)COc2ccccc21. The standard InChI is InChI=1S/C12H12N2O2/c1-9(6-13)7-14-10-4-2-3-5-11(10)16-8-12(14)15/h2-5,9H,7-8H2,1H3. The summed E-state index contributed by atoms with van der Waals surface area (Å²) in [5, 5.41) is 8.78. The maximum atomic E-state index is 11.7. The highest BCUT2D eigenvalue weighted by Gasteiger charge is 2.26. The molecule has 0 spiro atoms. The maximum Gasteiger partial charge on any atom is 0.265 e. The van der Waals surface area contributed by atoms with E-state index >= 15 is 0 Å². The van der Waals surface area contributed by atoms with E-state index in [0.29, 0.717) is 12.3 Å².